The van der Waals surface area contributed by atoms with Crippen LogP contribution in [0.3, 0.4) is 0 Å². The summed E-state index contributed by atoms with van der Waals surface area (Å²) in [6.45, 7) is 7.95. The van der Waals surface area contributed by atoms with Crippen molar-refractivity contribution in [1.29, 1.82) is 0 Å². The molecule has 0 spiro atoms. The van der Waals surface area contributed by atoms with E-state index < -0.39 is 17.7 Å². The maximum atomic E-state index is 13.7. The lowest BCUT2D eigenvalue weighted by atomic mass is 10.0. The smallest absolute Gasteiger partial charge is 0.407 e. The fourth-order valence-corrected chi connectivity index (χ4v) is 4.68. The van der Waals surface area contributed by atoms with Gasteiger partial charge >= 0.3 is 12.1 Å². The van der Waals surface area contributed by atoms with Crippen molar-refractivity contribution in [2.75, 3.05) is 38.3 Å². The van der Waals surface area contributed by atoms with E-state index in [1.165, 1.54) is 4.90 Å². The molecule has 0 aliphatic carbocycles. The van der Waals surface area contributed by atoms with Crippen molar-refractivity contribution < 1.29 is 33.4 Å². The number of nitrogens with zero attached hydrogens (tertiary/aromatic N) is 2. The van der Waals surface area contributed by atoms with Gasteiger partial charge in [-0.25, -0.2) is 4.79 Å². The van der Waals surface area contributed by atoms with Crippen LogP contribution in [-0.4, -0.2) is 67.7 Å². The first-order chi connectivity index (χ1) is 20.0. The number of methoxy groups -OCH3 is 1. The second kappa shape index (κ2) is 15.2. The Balaban J connectivity index is 1.70. The molecule has 2 aromatic rings. The number of unbranched alkanes of at least 4 members (excludes halogenated alkanes) is 3. The molecule has 3 rings (SSSR count). The SMILES string of the molecule is CCOC(=O)CCN1CC(=O)N(c2ccc(OC)cc2)c2ccc(CCCCCCNC(=O)OC(C)(C)C)cc2C1=O. The highest BCUT2D eigenvalue weighted by Gasteiger charge is 2.33. The molecule has 0 atom stereocenters. The van der Waals surface area contributed by atoms with Crippen molar-refractivity contribution in [2.24, 2.45) is 0 Å². The van der Waals surface area contributed by atoms with Crippen LogP contribution in [0, 0.1) is 0 Å². The Hall–Kier alpha value is -4.08. The van der Waals surface area contributed by atoms with Crippen LogP contribution >= 0.6 is 0 Å². The third-order valence-corrected chi connectivity index (χ3v) is 6.68. The minimum Gasteiger partial charge on any atom is -0.497 e. The van der Waals surface area contributed by atoms with Gasteiger partial charge in [0.15, 0.2) is 0 Å². The normalized spacial score (nSPS) is 13.4. The summed E-state index contributed by atoms with van der Waals surface area (Å²) in [4.78, 5) is 54.0. The number of benzene rings is 2. The molecule has 0 fully saturated rings. The minimum atomic E-state index is -0.518. The molecular formula is C32H43N3O7. The van der Waals surface area contributed by atoms with Crippen LogP contribution in [0.5, 0.6) is 5.75 Å². The summed E-state index contributed by atoms with van der Waals surface area (Å²) in [5.41, 5.74) is 2.01. The van der Waals surface area contributed by atoms with E-state index in [9.17, 15) is 19.2 Å². The maximum absolute atomic E-state index is 13.7. The zero-order valence-corrected chi connectivity index (χ0v) is 25.4. The van der Waals surface area contributed by atoms with Crippen LogP contribution in [-0.2, 0) is 25.5 Å². The van der Waals surface area contributed by atoms with E-state index in [2.05, 4.69) is 5.32 Å². The molecule has 0 saturated heterocycles. The fraction of sp³-hybridized carbons (Fsp3) is 0.500. The van der Waals surface area contributed by atoms with Gasteiger partial charge in [0.25, 0.3) is 11.8 Å². The third kappa shape index (κ3) is 9.49. The van der Waals surface area contributed by atoms with E-state index in [-0.39, 0.29) is 37.9 Å². The molecule has 1 heterocycles. The second-order valence-corrected chi connectivity index (χ2v) is 11.2. The average molecular weight is 582 g/mol. The lowest BCUT2D eigenvalue weighted by Crippen LogP contribution is -2.38. The number of amides is 3. The highest BCUT2D eigenvalue weighted by molar-refractivity contribution is 6.13. The topological polar surface area (TPSA) is 114 Å². The molecule has 42 heavy (non-hydrogen) atoms. The van der Waals surface area contributed by atoms with Crippen LogP contribution in [0.15, 0.2) is 42.5 Å². The summed E-state index contributed by atoms with van der Waals surface area (Å²) in [6, 6.07) is 12.7. The van der Waals surface area contributed by atoms with Crippen LogP contribution < -0.4 is 15.0 Å². The van der Waals surface area contributed by atoms with Crippen molar-refractivity contribution >= 4 is 35.3 Å². The number of ether oxygens (including phenoxy) is 3. The fourth-order valence-electron chi connectivity index (χ4n) is 4.68. The van der Waals surface area contributed by atoms with Gasteiger partial charge in [-0.2, -0.15) is 0 Å². The van der Waals surface area contributed by atoms with E-state index in [4.69, 9.17) is 14.2 Å². The predicted octanol–water partition coefficient (Wildman–Crippen LogP) is 5.40. The number of hydrogen-bond acceptors (Lipinski definition) is 7. The first-order valence-electron chi connectivity index (χ1n) is 14.5. The van der Waals surface area contributed by atoms with Crippen molar-refractivity contribution in [3.63, 3.8) is 0 Å². The molecule has 1 N–H and O–H groups in total. The highest BCUT2D eigenvalue weighted by atomic mass is 16.6. The van der Waals surface area contributed by atoms with E-state index in [0.29, 0.717) is 29.2 Å². The number of anilines is 2. The van der Waals surface area contributed by atoms with Gasteiger partial charge in [-0.15, -0.1) is 0 Å². The number of aryl methyl sites for hydroxylation is 1. The van der Waals surface area contributed by atoms with Crippen LogP contribution in [0.4, 0.5) is 16.2 Å². The van der Waals surface area contributed by atoms with Gasteiger partial charge in [0.05, 0.1) is 31.4 Å². The third-order valence-electron chi connectivity index (χ3n) is 6.68. The average Bonchev–Trinajstić information content (AvgIpc) is 3.04. The summed E-state index contributed by atoms with van der Waals surface area (Å²) in [5.74, 6) is -0.328. The molecule has 1 aliphatic rings. The molecule has 1 aliphatic heterocycles. The molecule has 2 aromatic carbocycles. The van der Waals surface area contributed by atoms with Crippen molar-refractivity contribution in [3.8, 4) is 5.75 Å². The van der Waals surface area contributed by atoms with E-state index >= 15 is 0 Å². The number of esters is 1. The van der Waals surface area contributed by atoms with Gasteiger partial charge in [-0.1, -0.05) is 18.9 Å². The molecule has 0 bridgehead atoms. The number of carbonyl (C=O) groups excluding carboxylic acids is 4. The zero-order chi connectivity index (χ0) is 30.7. The molecule has 0 radical (unpaired) electrons. The van der Waals surface area contributed by atoms with Gasteiger partial charge in [0.2, 0.25) is 0 Å². The van der Waals surface area contributed by atoms with Gasteiger partial charge in [-0.3, -0.25) is 19.3 Å². The number of rotatable bonds is 13. The number of alkyl carbamates (subject to hydrolysis) is 1. The summed E-state index contributed by atoms with van der Waals surface area (Å²) < 4.78 is 15.5. The van der Waals surface area contributed by atoms with Gasteiger partial charge in [0.1, 0.15) is 17.9 Å². The van der Waals surface area contributed by atoms with Gasteiger partial charge < -0.3 is 24.4 Å². The Morgan fingerprint density at radius 3 is 2.36 bits per heavy atom. The van der Waals surface area contributed by atoms with E-state index in [0.717, 1.165) is 37.7 Å². The van der Waals surface area contributed by atoms with E-state index in [1.54, 1.807) is 43.2 Å². The Bertz CT molecular complexity index is 1240. The number of carbonyl (C=O) groups is 4. The Labute approximate surface area is 248 Å². The first-order valence-corrected chi connectivity index (χ1v) is 14.5. The summed E-state index contributed by atoms with van der Waals surface area (Å²) in [6.07, 6.45) is 4.02. The monoisotopic (exact) mass is 581 g/mol. The Kier molecular flexibility index (Phi) is 11.8. The number of fused-ring (bicyclic) bond motifs is 1. The number of hydrogen-bond donors (Lipinski definition) is 1. The largest absolute Gasteiger partial charge is 0.497 e. The molecule has 0 saturated carbocycles. The van der Waals surface area contributed by atoms with Crippen molar-refractivity contribution in [2.45, 2.75) is 71.8 Å². The van der Waals surface area contributed by atoms with Crippen LogP contribution in [0.2, 0.25) is 0 Å². The van der Waals surface area contributed by atoms with Gasteiger partial charge in [-0.05, 0) is 88.9 Å². The van der Waals surface area contributed by atoms with E-state index in [1.807, 2.05) is 39.0 Å². The first kappa shape index (κ1) is 32.4. The predicted molar refractivity (Wildman–Crippen MR) is 160 cm³/mol. The summed E-state index contributed by atoms with van der Waals surface area (Å²) >= 11 is 0. The van der Waals surface area contributed by atoms with Crippen molar-refractivity contribution in [1.82, 2.24) is 10.2 Å². The summed E-state index contributed by atoms with van der Waals surface area (Å²) in [5, 5.41) is 2.78. The van der Waals surface area contributed by atoms with Crippen LogP contribution in [0.25, 0.3) is 0 Å². The quantitative estimate of drug-likeness (QED) is 0.249. The number of nitrogens with one attached hydrogen (secondary N) is 1. The zero-order valence-electron chi connectivity index (χ0n) is 25.4. The molecule has 0 unspecified atom stereocenters. The van der Waals surface area contributed by atoms with Crippen molar-refractivity contribution in [3.05, 3.63) is 53.6 Å². The van der Waals surface area contributed by atoms with Crippen LogP contribution in [0.1, 0.15) is 75.7 Å². The molecule has 3 amide bonds. The Morgan fingerprint density at radius 2 is 1.69 bits per heavy atom. The second-order valence-electron chi connectivity index (χ2n) is 11.2. The standard InChI is InChI=1S/C32H43N3O7/c1-6-41-29(37)18-20-34-22-28(36)35(24-13-15-25(40-5)16-14-24)27-17-12-23(21-26(27)30(34)38)11-9-7-8-10-19-33-31(39)42-32(2,3)4/h12-17,21H,6-11,18-20,22H2,1-5H3,(H,33,39). The lowest BCUT2D eigenvalue weighted by Gasteiger charge is -2.23. The molecule has 228 valence electrons. The maximum Gasteiger partial charge on any atom is 0.407 e. The minimum absolute atomic E-state index is 0.00715. The van der Waals surface area contributed by atoms with Gasteiger partial charge in [0, 0.05) is 18.8 Å². The summed E-state index contributed by atoms with van der Waals surface area (Å²) in [7, 11) is 1.57. The molecular weight excluding hydrogens is 538 g/mol. The molecule has 10 heteroatoms. The lowest BCUT2D eigenvalue weighted by molar-refractivity contribution is -0.143. The molecule has 10 nitrogen and oxygen atoms in total. The Morgan fingerprint density at radius 1 is 0.976 bits per heavy atom. The highest BCUT2D eigenvalue weighted by Crippen LogP contribution is 2.34. The molecule has 0 aromatic heterocycles.